The van der Waals surface area contributed by atoms with Gasteiger partial charge in [0.05, 0.1) is 23.6 Å². The molecule has 1 fully saturated rings. The van der Waals surface area contributed by atoms with Crippen molar-refractivity contribution in [1.29, 1.82) is 5.26 Å². The number of aliphatic imine (C=N–C) groups is 1. The minimum atomic E-state index is -0.325. The van der Waals surface area contributed by atoms with Crippen LogP contribution in [0.15, 0.2) is 29.3 Å². The molecule has 6 nitrogen and oxygen atoms in total. The average Bonchev–Trinajstić information content (AvgIpc) is 3.13. The van der Waals surface area contributed by atoms with Gasteiger partial charge in [-0.3, -0.25) is 4.79 Å². The highest BCUT2D eigenvalue weighted by molar-refractivity contribution is 14.0. The molecular weight excluding hydrogens is 453 g/mol. The molecule has 1 amide bonds. The molecule has 1 saturated carbocycles. The van der Waals surface area contributed by atoms with Gasteiger partial charge >= 0.3 is 0 Å². The molecule has 0 unspecified atom stereocenters. The van der Waals surface area contributed by atoms with Gasteiger partial charge in [-0.15, -0.1) is 24.0 Å². The zero-order valence-corrected chi connectivity index (χ0v) is 18.7. The molecule has 0 radical (unpaired) electrons. The number of benzene rings is 1. The standard InChI is InChI=1S/C20H29N5O.HI/c1-4-22-19(23-14-17-9-7-16(13-21)8-10-17)24-15-20(11-5-6-12-20)18(26)25(2)3;/h7-10H,4-6,11-12,14-15H2,1-3H3,(H2,22,23,24);1H. The second-order valence-electron chi connectivity index (χ2n) is 7.04. The molecule has 2 rings (SSSR count). The van der Waals surface area contributed by atoms with Crippen LogP contribution >= 0.6 is 24.0 Å². The Balaban J connectivity index is 0.00000364. The van der Waals surface area contributed by atoms with Crippen molar-refractivity contribution in [3.8, 4) is 6.07 Å². The lowest BCUT2D eigenvalue weighted by Gasteiger charge is -2.31. The van der Waals surface area contributed by atoms with Gasteiger partial charge < -0.3 is 15.5 Å². The van der Waals surface area contributed by atoms with Gasteiger partial charge in [0.25, 0.3) is 0 Å². The highest BCUT2D eigenvalue weighted by Gasteiger charge is 2.42. The lowest BCUT2D eigenvalue weighted by atomic mass is 9.84. The Morgan fingerprint density at radius 3 is 2.37 bits per heavy atom. The minimum absolute atomic E-state index is 0. The fourth-order valence-electron chi connectivity index (χ4n) is 3.44. The van der Waals surface area contributed by atoms with E-state index in [0.717, 1.165) is 43.8 Å². The maximum Gasteiger partial charge on any atom is 0.230 e. The first-order valence-electron chi connectivity index (χ1n) is 9.24. The number of nitrogens with zero attached hydrogens (tertiary/aromatic N) is 3. The van der Waals surface area contributed by atoms with Gasteiger partial charge in [0.2, 0.25) is 5.91 Å². The Morgan fingerprint density at radius 2 is 1.85 bits per heavy atom. The van der Waals surface area contributed by atoms with Crippen LogP contribution in [0.1, 0.15) is 43.7 Å². The molecule has 1 aromatic carbocycles. The predicted molar refractivity (Wildman–Crippen MR) is 119 cm³/mol. The molecule has 2 N–H and O–H groups in total. The molecule has 0 saturated heterocycles. The van der Waals surface area contributed by atoms with Gasteiger partial charge in [-0.2, -0.15) is 5.26 Å². The van der Waals surface area contributed by atoms with Crippen molar-refractivity contribution in [2.45, 2.75) is 39.2 Å². The molecular formula is C20H30IN5O. The van der Waals surface area contributed by atoms with Crippen molar-refractivity contribution in [3.05, 3.63) is 35.4 Å². The van der Waals surface area contributed by atoms with Gasteiger partial charge in [0.15, 0.2) is 5.96 Å². The number of hydrogen-bond donors (Lipinski definition) is 2. The molecule has 0 aliphatic heterocycles. The van der Waals surface area contributed by atoms with Crippen molar-refractivity contribution in [1.82, 2.24) is 15.5 Å². The summed E-state index contributed by atoms with van der Waals surface area (Å²) < 4.78 is 0. The number of hydrogen-bond acceptors (Lipinski definition) is 3. The highest BCUT2D eigenvalue weighted by Crippen LogP contribution is 2.38. The summed E-state index contributed by atoms with van der Waals surface area (Å²) in [6.07, 6.45) is 4.04. The summed E-state index contributed by atoms with van der Waals surface area (Å²) in [5.41, 5.74) is 1.36. The third kappa shape index (κ3) is 6.38. The quantitative estimate of drug-likeness (QED) is 0.371. The molecule has 0 bridgehead atoms. The monoisotopic (exact) mass is 483 g/mol. The van der Waals surface area contributed by atoms with Gasteiger partial charge in [0, 0.05) is 27.2 Å². The number of rotatable bonds is 6. The van der Waals surface area contributed by atoms with Crippen LogP contribution in [0.25, 0.3) is 0 Å². The molecule has 1 aromatic rings. The predicted octanol–water partition coefficient (Wildman–Crippen LogP) is 2.88. The molecule has 7 heteroatoms. The van der Waals surface area contributed by atoms with E-state index in [-0.39, 0.29) is 35.3 Å². The number of nitriles is 1. The fraction of sp³-hybridized carbons (Fsp3) is 0.550. The van der Waals surface area contributed by atoms with Crippen molar-refractivity contribution in [2.75, 3.05) is 27.2 Å². The number of halogens is 1. The summed E-state index contributed by atoms with van der Waals surface area (Å²) in [7, 11) is 3.65. The summed E-state index contributed by atoms with van der Waals surface area (Å²) in [5.74, 6) is 0.917. The van der Waals surface area contributed by atoms with E-state index in [0.29, 0.717) is 18.7 Å². The van der Waals surface area contributed by atoms with Crippen LogP contribution in [-0.2, 0) is 11.3 Å². The summed E-state index contributed by atoms with van der Waals surface area (Å²) in [6.45, 7) is 3.90. The summed E-state index contributed by atoms with van der Waals surface area (Å²) in [5, 5.41) is 15.5. The Morgan fingerprint density at radius 1 is 1.22 bits per heavy atom. The Kier molecular flexibility index (Phi) is 9.56. The zero-order chi connectivity index (χ0) is 19.0. The fourth-order valence-corrected chi connectivity index (χ4v) is 3.44. The second kappa shape index (κ2) is 11.1. The Hall–Kier alpha value is -1.82. The molecule has 0 spiro atoms. The van der Waals surface area contributed by atoms with Gasteiger partial charge in [-0.05, 0) is 37.5 Å². The molecule has 27 heavy (non-hydrogen) atoms. The van der Waals surface area contributed by atoms with E-state index in [1.165, 1.54) is 0 Å². The molecule has 0 aromatic heterocycles. The molecule has 1 aliphatic carbocycles. The lowest BCUT2D eigenvalue weighted by Crippen LogP contribution is -2.49. The number of nitrogens with one attached hydrogen (secondary N) is 2. The number of carbonyl (C=O) groups is 1. The van der Waals surface area contributed by atoms with E-state index >= 15 is 0 Å². The molecule has 0 heterocycles. The first-order chi connectivity index (χ1) is 12.5. The second-order valence-corrected chi connectivity index (χ2v) is 7.04. The lowest BCUT2D eigenvalue weighted by molar-refractivity contribution is -0.138. The number of carbonyl (C=O) groups excluding carboxylic acids is 1. The SMILES string of the molecule is CCNC(=NCc1ccc(C#N)cc1)NCC1(C(=O)N(C)C)CCCC1.I. The van der Waals surface area contributed by atoms with Gasteiger partial charge in [0.1, 0.15) is 0 Å². The zero-order valence-electron chi connectivity index (χ0n) is 16.4. The maximum atomic E-state index is 12.7. The van der Waals surface area contributed by atoms with Crippen molar-refractivity contribution < 1.29 is 4.79 Å². The van der Waals surface area contributed by atoms with Crippen LogP contribution in [0.3, 0.4) is 0 Å². The largest absolute Gasteiger partial charge is 0.357 e. The van der Waals surface area contributed by atoms with Crippen molar-refractivity contribution in [3.63, 3.8) is 0 Å². The highest BCUT2D eigenvalue weighted by atomic mass is 127. The molecule has 0 atom stereocenters. The Bertz CT molecular complexity index is 673. The van der Waals surface area contributed by atoms with Crippen LogP contribution < -0.4 is 10.6 Å². The first-order valence-corrected chi connectivity index (χ1v) is 9.24. The van der Waals surface area contributed by atoms with Gasteiger partial charge in [-0.25, -0.2) is 4.99 Å². The summed E-state index contributed by atoms with van der Waals surface area (Å²) in [4.78, 5) is 19.0. The van der Waals surface area contributed by atoms with E-state index < -0.39 is 0 Å². The Labute approximate surface area is 179 Å². The summed E-state index contributed by atoms with van der Waals surface area (Å²) in [6, 6.07) is 9.55. The normalized spacial score (nSPS) is 15.4. The van der Waals surface area contributed by atoms with Crippen LogP contribution in [0, 0.1) is 16.7 Å². The summed E-state index contributed by atoms with van der Waals surface area (Å²) >= 11 is 0. The van der Waals surface area contributed by atoms with Crippen molar-refractivity contribution in [2.24, 2.45) is 10.4 Å². The third-order valence-corrected chi connectivity index (χ3v) is 4.86. The van der Waals surface area contributed by atoms with E-state index in [4.69, 9.17) is 5.26 Å². The smallest absolute Gasteiger partial charge is 0.230 e. The maximum absolute atomic E-state index is 12.7. The number of guanidine groups is 1. The topological polar surface area (TPSA) is 80.5 Å². The van der Waals surface area contributed by atoms with Crippen LogP contribution in [-0.4, -0.2) is 44.0 Å². The minimum Gasteiger partial charge on any atom is -0.357 e. The van der Waals surface area contributed by atoms with Crippen LogP contribution in [0.5, 0.6) is 0 Å². The van der Waals surface area contributed by atoms with E-state index in [9.17, 15) is 4.79 Å². The van der Waals surface area contributed by atoms with E-state index in [1.807, 2.05) is 33.2 Å². The van der Waals surface area contributed by atoms with E-state index in [2.05, 4.69) is 21.7 Å². The van der Waals surface area contributed by atoms with Crippen LogP contribution in [0.4, 0.5) is 0 Å². The average molecular weight is 483 g/mol. The third-order valence-electron chi connectivity index (χ3n) is 4.86. The van der Waals surface area contributed by atoms with Gasteiger partial charge in [-0.1, -0.05) is 25.0 Å². The first kappa shape index (κ1) is 23.2. The number of amides is 1. The molecule has 148 valence electrons. The van der Waals surface area contributed by atoms with Crippen molar-refractivity contribution >= 4 is 35.8 Å². The molecule has 1 aliphatic rings. The van der Waals surface area contributed by atoms with E-state index in [1.54, 1.807) is 17.0 Å². The van der Waals surface area contributed by atoms with Crippen LogP contribution in [0.2, 0.25) is 0 Å².